The SMILES string of the molecule is Oc1ccc(CNC2CCCC2)nc1. The fourth-order valence-corrected chi connectivity index (χ4v) is 1.90. The molecule has 0 saturated heterocycles. The Kier molecular flexibility index (Phi) is 2.99. The molecular formula is C11H16N2O. The Morgan fingerprint density at radius 1 is 1.36 bits per heavy atom. The number of nitrogens with one attached hydrogen (secondary N) is 1. The lowest BCUT2D eigenvalue weighted by atomic mass is 10.2. The van der Waals surface area contributed by atoms with Gasteiger partial charge in [0.15, 0.2) is 0 Å². The van der Waals surface area contributed by atoms with Crippen LogP contribution in [0.1, 0.15) is 31.4 Å². The highest BCUT2D eigenvalue weighted by molar-refractivity contribution is 5.17. The van der Waals surface area contributed by atoms with Crippen LogP contribution in [0, 0.1) is 0 Å². The molecule has 1 fully saturated rings. The second kappa shape index (κ2) is 4.42. The van der Waals surface area contributed by atoms with Gasteiger partial charge in [0.1, 0.15) is 5.75 Å². The van der Waals surface area contributed by atoms with Crippen LogP contribution in [0.5, 0.6) is 5.75 Å². The van der Waals surface area contributed by atoms with Crippen molar-refractivity contribution in [3.8, 4) is 5.75 Å². The monoisotopic (exact) mass is 192 g/mol. The molecule has 1 heterocycles. The summed E-state index contributed by atoms with van der Waals surface area (Å²) in [5, 5.41) is 12.5. The van der Waals surface area contributed by atoms with Gasteiger partial charge in [0.25, 0.3) is 0 Å². The van der Waals surface area contributed by atoms with Crippen LogP contribution in [0.4, 0.5) is 0 Å². The molecule has 0 bridgehead atoms. The van der Waals surface area contributed by atoms with Crippen molar-refractivity contribution in [2.45, 2.75) is 38.3 Å². The summed E-state index contributed by atoms with van der Waals surface area (Å²) in [6.07, 6.45) is 6.77. The Hall–Kier alpha value is -1.09. The van der Waals surface area contributed by atoms with Crippen LogP contribution < -0.4 is 5.32 Å². The van der Waals surface area contributed by atoms with Gasteiger partial charge in [0.05, 0.1) is 11.9 Å². The summed E-state index contributed by atoms with van der Waals surface area (Å²) in [5.74, 6) is 0.231. The van der Waals surface area contributed by atoms with Crippen molar-refractivity contribution in [3.05, 3.63) is 24.0 Å². The molecule has 1 saturated carbocycles. The molecule has 0 amide bonds. The normalized spacial score (nSPS) is 17.4. The van der Waals surface area contributed by atoms with Crippen molar-refractivity contribution in [1.29, 1.82) is 0 Å². The van der Waals surface area contributed by atoms with Crippen molar-refractivity contribution in [3.63, 3.8) is 0 Å². The third-order valence-corrected chi connectivity index (χ3v) is 2.74. The number of hydrogen-bond donors (Lipinski definition) is 2. The second-order valence-electron chi connectivity index (χ2n) is 3.87. The van der Waals surface area contributed by atoms with Gasteiger partial charge in [0.2, 0.25) is 0 Å². The fourth-order valence-electron chi connectivity index (χ4n) is 1.90. The molecule has 0 aliphatic heterocycles. The third-order valence-electron chi connectivity index (χ3n) is 2.74. The van der Waals surface area contributed by atoms with Crippen LogP contribution in [-0.4, -0.2) is 16.1 Å². The van der Waals surface area contributed by atoms with E-state index in [1.54, 1.807) is 6.07 Å². The lowest BCUT2D eigenvalue weighted by molar-refractivity contribution is 0.470. The van der Waals surface area contributed by atoms with Gasteiger partial charge in [-0.15, -0.1) is 0 Å². The maximum Gasteiger partial charge on any atom is 0.133 e. The number of aromatic hydroxyl groups is 1. The predicted molar refractivity (Wildman–Crippen MR) is 55.0 cm³/mol. The molecule has 76 valence electrons. The summed E-state index contributed by atoms with van der Waals surface area (Å²) in [6, 6.07) is 4.21. The molecule has 1 aromatic heterocycles. The van der Waals surface area contributed by atoms with Gasteiger partial charge in [-0.1, -0.05) is 12.8 Å². The highest BCUT2D eigenvalue weighted by atomic mass is 16.3. The largest absolute Gasteiger partial charge is 0.506 e. The zero-order valence-corrected chi connectivity index (χ0v) is 8.24. The molecule has 3 heteroatoms. The van der Waals surface area contributed by atoms with E-state index in [-0.39, 0.29) is 5.75 Å². The molecule has 14 heavy (non-hydrogen) atoms. The number of nitrogens with zero attached hydrogens (tertiary/aromatic N) is 1. The van der Waals surface area contributed by atoms with E-state index in [0.717, 1.165) is 12.2 Å². The first-order chi connectivity index (χ1) is 6.84. The van der Waals surface area contributed by atoms with Crippen molar-refractivity contribution in [1.82, 2.24) is 10.3 Å². The summed E-state index contributed by atoms with van der Waals surface area (Å²) in [6.45, 7) is 0.810. The van der Waals surface area contributed by atoms with E-state index in [4.69, 9.17) is 5.11 Å². The fraction of sp³-hybridized carbons (Fsp3) is 0.545. The molecule has 0 radical (unpaired) electrons. The minimum atomic E-state index is 0.231. The Morgan fingerprint density at radius 2 is 2.14 bits per heavy atom. The first-order valence-corrected chi connectivity index (χ1v) is 5.22. The van der Waals surface area contributed by atoms with Gasteiger partial charge in [-0.3, -0.25) is 4.98 Å². The van der Waals surface area contributed by atoms with E-state index >= 15 is 0 Å². The zero-order valence-electron chi connectivity index (χ0n) is 8.24. The molecule has 3 nitrogen and oxygen atoms in total. The van der Waals surface area contributed by atoms with E-state index < -0.39 is 0 Å². The smallest absolute Gasteiger partial charge is 0.133 e. The van der Waals surface area contributed by atoms with E-state index in [2.05, 4.69) is 10.3 Å². The third kappa shape index (κ3) is 2.45. The lowest BCUT2D eigenvalue weighted by Crippen LogP contribution is -2.25. The molecule has 1 aliphatic rings. The van der Waals surface area contributed by atoms with Crippen LogP contribution in [0.25, 0.3) is 0 Å². The molecule has 0 unspecified atom stereocenters. The number of rotatable bonds is 3. The quantitative estimate of drug-likeness (QED) is 0.767. The summed E-state index contributed by atoms with van der Waals surface area (Å²) in [5.41, 5.74) is 0.995. The minimum Gasteiger partial charge on any atom is -0.506 e. The van der Waals surface area contributed by atoms with Gasteiger partial charge in [0, 0.05) is 12.6 Å². The van der Waals surface area contributed by atoms with Crippen molar-refractivity contribution in [2.75, 3.05) is 0 Å². The Balaban J connectivity index is 1.82. The summed E-state index contributed by atoms with van der Waals surface area (Å²) >= 11 is 0. The Morgan fingerprint density at radius 3 is 2.79 bits per heavy atom. The van der Waals surface area contributed by atoms with Crippen LogP contribution in [-0.2, 0) is 6.54 Å². The van der Waals surface area contributed by atoms with E-state index in [9.17, 15) is 0 Å². The Bertz CT molecular complexity index is 278. The van der Waals surface area contributed by atoms with Gasteiger partial charge in [-0.05, 0) is 25.0 Å². The maximum atomic E-state index is 9.05. The summed E-state index contributed by atoms with van der Waals surface area (Å²) in [4.78, 5) is 4.13. The lowest BCUT2D eigenvalue weighted by Gasteiger charge is -2.10. The molecule has 2 N–H and O–H groups in total. The van der Waals surface area contributed by atoms with E-state index in [0.29, 0.717) is 6.04 Å². The topological polar surface area (TPSA) is 45.1 Å². The first kappa shape index (κ1) is 9.46. The van der Waals surface area contributed by atoms with Crippen LogP contribution >= 0.6 is 0 Å². The Labute approximate surface area is 84.2 Å². The molecule has 1 aromatic rings. The molecule has 0 atom stereocenters. The van der Waals surface area contributed by atoms with Crippen molar-refractivity contribution < 1.29 is 5.11 Å². The van der Waals surface area contributed by atoms with Crippen LogP contribution in [0.15, 0.2) is 18.3 Å². The van der Waals surface area contributed by atoms with Gasteiger partial charge < -0.3 is 10.4 Å². The highest BCUT2D eigenvalue weighted by Gasteiger charge is 2.13. The average molecular weight is 192 g/mol. The van der Waals surface area contributed by atoms with Crippen molar-refractivity contribution in [2.24, 2.45) is 0 Å². The number of aromatic nitrogens is 1. The van der Waals surface area contributed by atoms with E-state index in [1.807, 2.05) is 6.07 Å². The molecular weight excluding hydrogens is 176 g/mol. The maximum absolute atomic E-state index is 9.05. The summed E-state index contributed by atoms with van der Waals surface area (Å²) < 4.78 is 0. The number of hydrogen-bond acceptors (Lipinski definition) is 3. The van der Waals surface area contributed by atoms with Gasteiger partial charge in [-0.25, -0.2) is 0 Å². The van der Waals surface area contributed by atoms with Crippen LogP contribution in [0.3, 0.4) is 0 Å². The number of pyridine rings is 1. The molecule has 2 rings (SSSR count). The minimum absolute atomic E-state index is 0.231. The molecule has 0 aromatic carbocycles. The predicted octanol–water partition coefficient (Wildman–Crippen LogP) is 1.82. The zero-order chi connectivity index (χ0) is 9.80. The molecule has 0 spiro atoms. The standard InChI is InChI=1S/C11H16N2O/c14-11-6-5-10(13-8-11)7-12-9-3-1-2-4-9/h5-6,8-9,12,14H,1-4,7H2. The molecule has 1 aliphatic carbocycles. The average Bonchev–Trinajstić information content (AvgIpc) is 2.70. The summed E-state index contributed by atoms with van der Waals surface area (Å²) in [7, 11) is 0. The van der Waals surface area contributed by atoms with Gasteiger partial charge in [-0.2, -0.15) is 0 Å². The van der Waals surface area contributed by atoms with Crippen molar-refractivity contribution >= 4 is 0 Å². The van der Waals surface area contributed by atoms with E-state index in [1.165, 1.54) is 31.9 Å². The second-order valence-corrected chi connectivity index (χ2v) is 3.87. The first-order valence-electron chi connectivity index (χ1n) is 5.22. The van der Waals surface area contributed by atoms with Gasteiger partial charge >= 0.3 is 0 Å². The highest BCUT2D eigenvalue weighted by Crippen LogP contribution is 2.18. The van der Waals surface area contributed by atoms with Crippen LogP contribution in [0.2, 0.25) is 0 Å².